The minimum Gasteiger partial charge on any atom is -0.354 e. The largest absolute Gasteiger partial charge is 0.354 e. The molecule has 3 aromatic rings. The van der Waals surface area contributed by atoms with Gasteiger partial charge in [-0.25, -0.2) is 9.97 Å². The number of Topliss-reactive ketones (excluding diaryl/α,β-unsaturated/α-hetero) is 4. The van der Waals surface area contributed by atoms with Crippen LogP contribution < -0.4 is 0 Å². The van der Waals surface area contributed by atoms with Crippen molar-refractivity contribution in [3.05, 3.63) is 140 Å². The maximum Gasteiger partial charge on any atom is 0.229 e. The maximum absolute atomic E-state index is 13.7. The second-order valence-electron chi connectivity index (χ2n) is 22.9. The molecule has 0 saturated heterocycles. The van der Waals surface area contributed by atoms with Crippen molar-refractivity contribution in [2.45, 2.75) is 83.1 Å². The fourth-order valence-corrected chi connectivity index (χ4v) is 9.63. The topological polar surface area (TPSA) is 194 Å². The monoisotopic (exact) mass is 958 g/mol. The van der Waals surface area contributed by atoms with Gasteiger partial charge in [-0.15, -0.1) is 0 Å². The van der Waals surface area contributed by atoms with Crippen molar-refractivity contribution in [1.29, 1.82) is 0 Å². The van der Waals surface area contributed by atoms with E-state index < -0.39 is 67.9 Å². The standard InChI is InChI=1S/C60H54N4O8/c1-57(2,3)33-21-29(25-45(65)53(33)69)49-37-13-15-39(61-37)50(30-22-34(58(4,5)6)54(70)46(66)26-30)41-17-19-43(63-41)52(32-24-36(60(10,11)12)56(72)48(68)28-32)44-20-18-42(64-44)51(40-16-14-38(49)62-40)31-23-35(59(7,8)9)55(71)47(67)27-31/h13-28,61,64H,1-12H3. The van der Waals surface area contributed by atoms with Crippen LogP contribution in [0, 0.1) is 21.7 Å². The average Bonchev–Trinajstić information content (AvgIpc) is 4.12. The van der Waals surface area contributed by atoms with Gasteiger partial charge in [0.25, 0.3) is 0 Å². The lowest BCUT2D eigenvalue weighted by molar-refractivity contribution is -0.132. The number of rotatable bonds is 4. The second kappa shape index (κ2) is 16.8. The molecule has 0 atom stereocenters. The lowest BCUT2D eigenvalue weighted by atomic mass is 9.78. The number of nitrogens with zero attached hydrogens (tertiary/aromatic N) is 2. The third-order valence-electron chi connectivity index (χ3n) is 13.4. The fraction of sp³-hybridized carbons (Fsp3) is 0.267. The summed E-state index contributed by atoms with van der Waals surface area (Å²) < 4.78 is 0. The molecule has 0 fully saturated rings. The first kappa shape index (κ1) is 48.9. The van der Waals surface area contributed by atoms with E-state index in [1.54, 1.807) is 72.9 Å². The average molecular weight is 959 g/mol. The van der Waals surface area contributed by atoms with Crippen LogP contribution in [-0.2, 0) is 38.4 Å². The first-order valence-corrected chi connectivity index (χ1v) is 23.8. The summed E-state index contributed by atoms with van der Waals surface area (Å²) in [6.07, 6.45) is 19.1. The summed E-state index contributed by atoms with van der Waals surface area (Å²) >= 11 is 0. The van der Waals surface area contributed by atoms with Gasteiger partial charge >= 0.3 is 0 Å². The fourth-order valence-electron chi connectivity index (χ4n) is 9.63. The van der Waals surface area contributed by atoms with Crippen LogP contribution in [-0.4, -0.2) is 66.2 Å². The Kier molecular flexibility index (Phi) is 11.4. The van der Waals surface area contributed by atoms with E-state index in [4.69, 9.17) is 9.97 Å². The van der Waals surface area contributed by atoms with Gasteiger partial charge in [0, 0.05) is 66.6 Å². The molecule has 0 spiro atoms. The van der Waals surface area contributed by atoms with Gasteiger partial charge < -0.3 is 9.97 Å². The number of ketones is 8. The smallest absolute Gasteiger partial charge is 0.229 e. The molecule has 2 N–H and O–H groups in total. The zero-order valence-electron chi connectivity index (χ0n) is 42.4. The number of carbonyl (C=O) groups excluding carboxylic acids is 8. The van der Waals surface area contributed by atoms with Gasteiger partial charge in [0.15, 0.2) is 0 Å². The molecule has 0 saturated carbocycles. The molecule has 8 bridgehead atoms. The van der Waals surface area contributed by atoms with Crippen LogP contribution in [0.2, 0.25) is 0 Å². The molecule has 12 heteroatoms. The van der Waals surface area contributed by atoms with Crippen LogP contribution in [0.5, 0.6) is 0 Å². The number of allylic oxidation sites excluding steroid dienone is 16. The van der Waals surface area contributed by atoms with Crippen molar-refractivity contribution in [1.82, 2.24) is 19.9 Å². The Balaban J connectivity index is 1.50. The van der Waals surface area contributed by atoms with Crippen LogP contribution in [0.1, 0.15) is 128 Å². The molecule has 0 aromatic carbocycles. The highest BCUT2D eigenvalue weighted by atomic mass is 16.2. The molecule has 0 unspecified atom stereocenters. The Morgan fingerprint density at radius 2 is 0.500 bits per heavy atom. The van der Waals surface area contributed by atoms with Crippen molar-refractivity contribution in [3.63, 3.8) is 0 Å². The minimum absolute atomic E-state index is 0.302. The second-order valence-corrected chi connectivity index (χ2v) is 22.9. The predicted octanol–water partition coefficient (Wildman–Crippen LogP) is 10.7. The molecule has 0 amide bonds. The molecule has 3 aromatic heterocycles. The van der Waals surface area contributed by atoms with Crippen LogP contribution in [0.25, 0.3) is 68.7 Å². The quantitative estimate of drug-likeness (QED) is 0.129. The van der Waals surface area contributed by atoms with E-state index in [1.165, 1.54) is 24.3 Å². The van der Waals surface area contributed by atoms with Gasteiger partial charge in [-0.1, -0.05) is 83.1 Å². The number of hydrogen-bond donors (Lipinski definition) is 2. The summed E-state index contributed by atoms with van der Waals surface area (Å²) in [6, 6.07) is 7.21. The van der Waals surface area contributed by atoms with Crippen LogP contribution in [0.4, 0.5) is 0 Å². The summed E-state index contributed by atoms with van der Waals surface area (Å²) in [6.45, 7) is 22.3. The number of aromatic nitrogens is 4. The third-order valence-corrected chi connectivity index (χ3v) is 13.4. The summed E-state index contributed by atoms with van der Waals surface area (Å²) in [5.41, 5.74) is 5.20. The van der Waals surface area contributed by atoms with Crippen molar-refractivity contribution in [2.24, 2.45) is 21.7 Å². The number of carbonyl (C=O) groups is 8. The van der Waals surface area contributed by atoms with Gasteiger partial charge in [-0.05, 0) is 141 Å². The molecule has 9 rings (SSSR count). The van der Waals surface area contributed by atoms with Crippen molar-refractivity contribution in [2.75, 3.05) is 0 Å². The number of aromatic amines is 2. The molecule has 5 heterocycles. The van der Waals surface area contributed by atoms with Crippen LogP contribution in [0.15, 0.2) is 95.2 Å². The van der Waals surface area contributed by atoms with Crippen LogP contribution >= 0.6 is 0 Å². The Labute approximate surface area is 416 Å². The highest BCUT2D eigenvalue weighted by molar-refractivity contribution is 6.52. The number of fused-ring (bicyclic) bond motifs is 8. The summed E-state index contributed by atoms with van der Waals surface area (Å²) in [4.78, 5) is 126. The van der Waals surface area contributed by atoms with Crippen molar-refractivity contribution >= 4 is 115 Å². The Bertz CT molecular complexity index is 3200. The Hall–Kier alpha value is -8.12. The van der Waals surface area contributed by atoms with Gasteiger partial charge in [-0.2, -0.15) is 0 Å². The van der Waals surface area contributed by atoms with E-state index in [0.29, 0.717) is 112 Å². The Morgan fingerprint density at radius 3 is 0.681 bits per heavy atom. The minimum atomic E-state index is -0.718. The molecule has 362 valence electrons. The zero-order chi connectivity index (χ0) is 52.3. The summed E-state index contributed by atoms with van der Waals surface area (Å²) in [5.74, 6) is -5.30. The number of hydrogen-bond acceptors (Lipinski definition) is 10. The highest BCUT2D eigenvalue weighted by Crippen LogP contribution is 2.42. The normalized spacial score (nSPS) is 17.9. The molecule has 6 aliphatic rings. The molecule has 72 heavy (non-hydrogen) atoms. The lowest BCUT2D eigenvalue weighted by Gasteiger charge is -2.24. The van der Waals surface area contributed by atoms with E-state index in [1.807, 2.05) is 83.1 Å². The van der Waals surface area contributed by atoms with Gasteiger partial charge in [-0.3, -0.25) is 38.4 Å². The van der Waals surface area contributed by atoms with Crippen molar-refractivity contribution < 1.29 is 38.4 Å². The number of nitrogens with one attached hydrogen (secondary N) is 2. The van der Waals surface area contributed by atoms with Gasteiger partial charge in [0.2, 0.25) is 46.3 Å². The van der Waals surface area contributed by atoms with Gasteiger partial charge in [0.1, 0.15) is 0 Å². The molecular weight excluding hydrogens is 905 g/mol. The molecule has 2 aliphatic heterocycles. The van der Waals surface area contributed by atoms with Gasteiger partial charge in [0.05, 0.1) is 22.8 Å². The van der Waals surface area contributed by atoms with E-state index >= 15 is 0 Å². The summed E-state index contributed by atoms with van der Waals surface area (Å²) in [7, 11) is 0. The van der Waals surface area contributed by atoms with E-state index in [0.717, 1.165) is 0 Å². The third kappa shape index (κ3) is 8.54. The zero-order valence-corrected chi connectivity index (χ0v) is 42.4. The Morgan fingerprint density at radius 1 is 0.306 bits per heavy atom. The molecule has 0 radical (unpaired) electrons. The first-order chi connectivity index (χ1) is 33.5. The highest BCUT2D eigenvalue weighted by Gasteiger charge is 2.37. The molecule has 12 nitrogen and oxygen atoms in total. The molecular formula is C60H54N4O8. The maximum atomic E-state index is 13.7. The first-order valence-electron chi connectivity index (χ1n) is 23.8. The van der Waals surface area contributed by atoms with E-state index in [9.17, 15) is 38.4 Å². The van der Waals surface area contributed by atoms with Crippen LogP contribution in [0.3, 0.4) is 0 Å². The lowest BCUT2D eigenvalue weighted by Crippen LogP contribution is -2.26. The van der Waals surface area contributed by atoms with E-state index in [-0.39, 0.29) is 0 Å². The summed E-state index contributed by atoms with van der Waals surface area (Å²) in [5, 5.41) is 0. The van der Waals surface area contributed by atoms with E-state index in [2.05, 4.69) is 9.97 Å². The molecule has 4 aliphatic carbocycles. The SMILES string of the molecule is CC(C)(C)C1=CC(c2c3nc(c(C4=CC(=O)C(=O)C(C(C)(C)C)=C4)c4ccc([nH]4)c(C4=CC(=O)C(=O)C(C(C)(C)C)=C4)c4nc(c(C5=CC(=O)C(=O)C(C(C)(C)C)=C5)c5ccc2[nH]5)C=C4)C=C3)=CC(=O)C1=O. The van der Waals surface area contributed by atoms with Crippen molar-refractivity contribution in [3.8, 4) is 0 Å². The number of H-pyrrole nitrogens is 2. The predicted molar refractivity (Wildman–Crippen MR) is 281 cm³/mol.